The summed E-state index contributed by atoms with van der Waals surface area (Å²) in [5, 5.41) is 19.9. The van der Waals surface area contributed by atoms with Crippen LogP contribution in [0.4, 0.5) is 4.79 Å². The van der Waals surface area contributed by atoms with Crippen molar-refractivity contribution in [2.45, 2.75) is 18.6 Å². The molecule has 1 aromatic carbocycles. The predicted molar refractivity (Wildman–Crippen MR) is 62.5 cm³/mol. The number of ether oxygens (including phenoxy) is 1. The zero-order valence-electron chi connectivity index (χ0n) is 9.56. The van der Waals surface area contributed by atoms with Gasteiger partial charge in [0.15, 0.2) is 6.10 Å². The number of nitrogens with zero attached hydrogens (tertiary/aromatic N) is 1. The summed E-state index contributed by atoms with van der Waals surface area (Å²) in [5.41, 5.74) is 5.66. The van der Waals surface area contributed by atoms with Crippen LogP contribution < -0.4 is 5.73 Å². The molecule has 0 bridgehead atoms. The molecule has 0 spiro atoms. The summed E-state index contributed by atoms with van der Waals surface area (Å²) < 4.78 is 4.70. The van der Waals surface area contributed by atoms with Gasteiger partial charge >= 0.3 is 6.09 Å². The molecule has 1 rings (SSSR count). The van der Waals surface area contributed by atoms with E-state index in [4.69, 9.17) is 10.5 Å². The third-order valence-electron chi connectivity index (χ3n) is 2.31. The highest BCUT2D eigenvalue weighted by molar-refractivity contribution is 5.64. The summed E-state index contributed by atoms with van der Waals surface area (Å²) in [4.78, 5) is 20.4. The number of aliphatic hydroxyl groups is 1. The smallest absolute Gasteiger partial charge is 0.404 e. The summed E-state index contributed by atoms with van der Waals surface area (Å²) >= 11 is 0. The normalized spacial score (nSPS) is 13.6. The molecule has 0 aliphatic carbocycles. The fraction of sp³-hybridized carbons (Fsp3) is 0.364. The van der Waals surface area contributed by atoms with E-state index >= 15 is 0 Å². The molecule has 0 aliphatic heterocycles. The Kier molecular flexibility index (Phi) is 5.06. The van der Waals surface area contributed by atoms with Crippen molar-refractivity contribution < 1.29 is 19.6 Å². The summed E-state index contributed by atoms with van der Waals surface area (Å²) in [7, 11) is 0. The van der Waals surface area contributed by atoms with E-state index in [0.717, 1.165) is 5.56 Å². The molecule has 1 aromatic rings. The van der Waals surface area contributed by atoms with Crippen LogP contribution in [0.5, 0.6) is 0 Å². The number of aliphatic hydroxyl groups excluding tert-OH is 1. The average Bonchev–Trinajstić information content (AvgIpc) is 2.28. The molecule has 1 amide bonds. The molecule has 0 aliphatic rings. The highest BCUT2D eigenvalue weighted by Crippen LogP contribution is 2.10. The lowest BCUT2D eigenvalue weighted by Crippen LogP contribution is -2.39. The van der Waals surface area contributed by atoms with Gasteiger partial charge < -0.3 is 15.6 Å². The van der Waals surface area contributed by atoms with E-state index in [1.807, 2.05) is 0 Å². The monoisotopic (exact) mass is 254 g/mol. The first-order valence-corrected chi connectivity index (χ1v) is 5.29. The lowest BCUT2D eigenvalue weighted by atomic mass is 10.0. The van der Waals surface area contributed by atoms with Gasteiger partial charge in [0.1, 0.15) is 6.10 Å². The van der Waals surface area contributed by atoms with Crippen molar-refractivity contribution in [2.24, 2.45) is 5.73 Å². The van der Waals surface area contributed by atoms with E-state index in [2.05, 4.69) is 0 Å². The maximum atomic E-state index is 10.7. The molecule has 0 fully saturated rings. The number of hydrogen-bond donors (Lipinski definition) is 2. The lowest BCUT2D eigenvalue weighted by molar-refractivity contribution is -0.492. The molecule has 0 radical (unpaired) electrons. The summed E-state index contributed by atoms with van der Waals surface area (Å²) in [6.45, 7) is -0.704. The number of benzene rings is 1. The second-order valence-corrected chi connectivity index (χ2v) is 3.75. The standard InChI is InChI=1S/C11H14N2O5/c12-11(15)18-10(9(14)7-13(16)17)6-8-4-2-1-3-5-8/h1-5,9-10,14H,6-7H2,(H2,12,15). The van der Waals surface area contributed by atoms with Crippen molar-refractivity contribution in [3.63, 3.8) is 0 Å². The molecule has 3 N–H and O–H groups in total. The van der Waals surface area contributed by atoms with Crippen LogP contribution in [0.25, 0.3) is 0 Å². The Morgan fingerprint density at radius 1 is 1.44 bits per heavy atom. The maximum Gasteiger partial charge on any atom is 0.404 e. The first-order valence-electron chi connectivity index (χ1n) is 5.29. The highest BCUT2D eigenvalue weighted by atomic mass is 16.6. The zero-order chi connectivity index (χ0) is 13.5. The number of primary amides is 1. The predicted octanol–water partition coefficient (Wildman–Crippen LogP) is 0.331. The Hall–Kier alpha value is -2.15. The molecule has 0 heterocycles. The summed E-state index contributed by atoms with van der Waals surface area (Å²) in [6.07, 6.45) is -3.33. The minimum Gasteiger partial charge on any atom is -0.443 e. The molecule has 98 valence electrons. The minimum atomic E-state index is -1.40. The van der Waals surface area contributed by atoms with Gasteiger partial charge in [-0.1, -0.05) is 30.3 Å². The second-order valence-electron chi connectivity index (χ2n) is 3.75. The number of carbonyl (C=O) groups is 1. The summed E-state index contributed by atoms with van der Waals surface area (Å²) in [6, 6.07) is 8.88. The van der Waals surface area contributed by atoms with Gasteiger partial charge in [0, 0.05) is 11.3 Å². The third kappa shape index (κ3) is 4.79. The second kappa shape index (κ2) is 6.55. The van der Waals surface area contributed by atoms with Crippen LogP contribution in [0.3, 0.4) is 0 Å². The lowest BCUT2D eigenvalue weighted by Gasteiger charge is -2.19. The molecule has 0 saturated heterocycles. The van der Waals surface area contributed by atoms with Crippen molar-refractivity contribution in [3.8, 4) is 0 Å². The third-order valence-corrected chi connectivity index (χ3v) is 2.31. The van der Waals surface area contributed by atoms with E-state index in [-0.39, 0.29) is 6.42 Å². The minimum absolute atomic E-state index is 0.165. The number of carbonyl (C=O) groups excluding carboxylic acids is 1. The molecule has 2 atom stereocenters. The first-order chi connectivity index (χ1) is 8.49. The quantitative estimate of drug-likeness (QED) is 0.560. The molecular formula is C11H14N2O5. The molecule has 18 heavy (non-hydrogen) atoms. The van der Waals surface area contributed by atoms with E-state index in [0.29, 0.717) is 0 Å². The Morgan fingerprint density at radius 3 is 2.56 bits per heavy atom. The topological polar surface area (TPSA) is 116 Å². The fourth-order valence-electron chi connectivity index (χ4n) is 1.52. The highest BCUT2D eigenvalue weighted by Gasteiger charge is 2.27. The number of hydrogen-bond acceptors (Lipinski definition) is 5. The van der Waals surface area contributed by atoms with Crippen LogP contribution in [0, 0.1) is 10.1 Å². The van der Waals surface area contributed by atoms with Crippen LogP contribution in [-0.4, -0.2) is 34.9 Å². The van der Waals surface area contributed by atoms with Crippen molar-refractivity contribution in [1.29, 1.82) is 0 Å². The first kappa shape index (κ1) is 13.9. The van der Waals surface area contributed by atoms with Gasteiger partial charge in [-0.15, -0.1) is 0 Å². The van der Waals surface area contributed by atoms with Crippen LogP contribution in [0.1, 0.15) is 5.56 Å². The van der Waals surface area contributed by atoms with Gasteiger partial charge in [-0.2, -0.15) is 0 Å². The zero-order valence-corrected chi connectivity index (χ0v) is 9.56. The van der Waals surface area contributed by atoms with Crippen molar-refractivity contribution >= 4 is 6.09 Å². The number of nitrogens with two attached hydrogens (primary N) is 1. The molecule has 2 unspecified atom stereocenters. The number of rotatable bonds is 6. The summed E-state index contributed by atoms with van der Waals surface area (Å²) in [5.74, 6) is 0. The molecule has 0 aromatic heterocycles. The molecular weight excluding hydrogens is 240 g/mol. The van der Waals surface area contributed by atoms with Crippen LogP contribution in [0.15, 0.2) is 30.3 Å². The van der Waals surface area contributed by atoms with Gasteiger partial charge in [-0.05, 0) is 5.56 Å². The van der Waals surface area contributed by atoms with Gasteiger partial charge in [0.2, 0.25) is 6.54 Å². The van der Waals surface area contributed by atoms with Crippen LogP contribution >= 0.6 is 0 Å². The SMILES string of the molecule is NC(=O)OC(Cc1ccccc1)C(O)C[N+](=O)[O-]. The van der Waals surface area contributed by atoms with Gasteiger partial charge in [-0.25, -0.2) is 4.79 Å². The maximum absolute atomic E-state index is 10.7. The van der Waals surface area contributed by atoms with E-state index in [1.54, 1.807) is 30.3 Å². The Morgan fingerprint density at radius 2 is 2.06 bits per heavy atom. The molecule has 0 saturated carbocycles. The van der Waals surface area contributed by atoms with Crippen LogP contribution in [0.2, 0.25) is 0 Å². The van der Waals surface area contributed by atoms with E-state index in [1.165, 1.54) is 0 Å². The average molecular weight is 254 g/mol. The fourth-order valence-corrected chi connectivity index (χ4v) is 1.52. The van der Waals surface area contributed by atoms with Crippen molar-refractivity contribution in [1.82, 2.24) is 0 Å². The number of nitro groups is 1. The molecule has 7 nitrogen and oxygen atoms in total. The van der Waals surface area contributed by atoms with Gasteiger partial charge in [-0.3, -0.25) is 10.1 Å². The Labute approximate surface area is 103 Å². The number of amides is 1. The largest absolute Gasteiger partial charge is 0.443 e. The van der Waals surface area contributed by atoms with E-state index < -0.39 is 29.8 Å². The Bertz CT molecular complexity index is 409. The van der Waals surface area contributed by atoms with Crippen molar-refractivity contribution in [2.75, 3.05) is 6.54 Å². The van der Waals surface area contributed by atoms with Crippen LogP contribution in [-0.2, 0) is 11.2 Å². The van der Waals surface area contributed by atoms with E-state index in [9.17, 15) is 20.0 Å². The van der Waals surface area contributed by atoms with Gasteiger partial charge in [0.05, 0.1) is 0 Å². The molecule has 7 heteroatoms. The van der Waals surface area contributed by atoms with Gasteiger partial charge in [0.25, 0.3) is 0 Å². The van der Waals surface area contributed by atoms with Crippen molar-refractivity contribution in [3.05, 3.63) is 46.0 Å². The Balaban J connectivity index is 2.71.